The third-order valence-corrected chi connectivity index (χ3v) is 6.28. The largest absolute Gasteiger partial charge is 0.379 e. The Morgan fingerprint density at radius 2 is 2.10 bits per heavy atom. The molecule has 1 N–H and O–H groups in total. The standard InChI is InChI=1S/C20H19N5O2S2/c21-11-14-5-10-28-19(14)24-18(26)13-29-20-15-3-1-2-4-16(15)22-17(23-20)12-25-6-8-27-9-7-25/h1-5,10H,6-9,12-13H2,(H,24,26). The average molecular weight is 426 g/mol. The van der Waals surface area contributed by atoms with Gasteiger partial charge in [0.05, 0.1) is 36.6 Å². The highest BCUT2D eigenvalue weighted by atomic mass is 32.2. The highest BCUT2D eigenvalue weighted by molar-refractivity contribution is 8.00. The zero-order valence-corrected chi connectivity index (χ0v) is 17.3. The Morgan fingerprint density at radius 3 is 2.93 bits per heavy atom. The molecule has 3 heterocycles. The van der Waals surface area contributed by atoms with Crippen molar-refractivity contribution in [2.24, 2.45) is 0 Å². The van der Waals surface area contributed by atoms with Gasteiger partial charge in [-0.2, -0.15) is 5.26 Å². The Balaban J connectivity index is 1.49. The minimum Gasteiger partial charge on any atom is -0.379 e. The second kappa shape index (κ2) is 9.33. The molecule has 0 spiro atoms. The third-order valence-electron chi connectivity index (χ3n) is 4.46. The van der Waals surface area contributed by atoms with Crippen LogP contribution in [0.2, 0.25) is 0 Å². The molecule has 4 rings (SSSR count). The van der Waals surface area contributed by atoms with Gasteiger partial charge in [0.2, 0.25) is 5.91 Å². The van der Waals surface area contributed by atoms with E-state index in [1.54, 1.807) is 11.4 Å². The Morgan fingerprint density at radius 1 is 1.28 bits per heavy atom. The molecule has 3 aromatic rings. The van der Waals surface area contributed by atoms with Crippen molar-refractivity contribution in [1.29, 1.82) is 5.26 Å². The number of amides is 1. The van der Waals surface area contributed by atoms with Crippen molar-refractivity contribution >= 4 is 44.9 Å². The Bertz CT molecular complexity index is 1060. The average Bonchev–Trinajstić information content (AvgIpc) is 3.19. The molecular formula is C20H19N5O2S2. The van der Waals surface area contributed by atoms with Crippen molar-refractivity contribution in [3.05, 3.63) is 47.1 Å². The first-order valence-electron chi connectivity index (χ1n) is 9.19. The van der Waals surface area contributed by atoms with E-state index in [1.165, 1.54) is 23.1 Å². The fourth-order valence-corrected chi connectivity index (χ4v) is 4.62. The van der Waals surface area contributed by atoms with Crippen LogP contribution in [-0.2, 0) is 16.1 Å². The number of morpholine rings is 1. The number of hydrogen-bond donors (Lipinski definition) is 1. The van der Waals surface area contributed by atoms with Gasteiger partial charge in [-0.05, 0) is 17.5 Å². The quantitative estimate of drug-likeness (QED) is 0.479. The van der Waals surface area contributed by atoms with Crippen molar-refractivity contribution in [2.45, 2.75) is 11.6 Å². The number of nitrogens with zero attached hydrogens (tertiary/aromatic N) is 4. The summed E-state index contributed by atoms with van der Waals surface area (Å²) in [4.78, 5) is 24.1. The lowest BCUT2D eigenvalue weighted by atomic mass is 10.2. The van der Waals surface area contributed by atoms with Crippen molar-refractivity contribution in [3.8, 4) is 6.07 Å². The van der Waals surface area contributed by atoms with Gasteiger partial charge in [0.15, 0.2) is 0 Å². The number of nitrogens with one attached hydrogen (secondary N) is 1. The number of carbonyl (C=O) groups is 1. The maximum atomic E-state index is 12.4. The molecule has 1 fully saturated rings. The lowest BCUT2D eigenvalue weighted by Gasteiger charge is -2.25. The van der Waals surface area contributed by atoms with Gasteiger partial charge in [0, 0.05) is 18.5 Å². The molecule has 9 heteroatoms. The number of anilines is 1. The first-order valence-corrected chi connectivity index (χ1v) is 11.1. The number of hydrogen-bond acceptors (Lipinski definition) is 8. The first-order chi connectivity index (χ1) is 14.2. The van der Waals surface area contributed by atoms with Gasteiger partial charge in [-0.25, -0.2) is 9.97 Å². The van der Waals surface area contributed by atoms with Gasteiger partial charge >= 0.3 is 0 Å². The van der Waals surface area contributed by atoms with Gasteiger partial charge in [0.25, 0.3) is 0 Å². The number of ether oxygens (including phenoxy) is 1. The van der Waals surface area contributed by atoms with E-state index in [1.807, 2.05) is 24.3 Å². The Kier molecular flexibility index (Phi) is 6.36. The molecule has 2 aromatic heterocycles. The van der Waals surface area contributed by atoms with Crippen LogP contribution >= 0.6 is 23.1 Å². The smallest absolute Gasteiger partial charge is 0.235 e. The van der Waals surface area contributed by atoms with Crippen LogP contribution in [0.5, 0.6) is 0 Å². The van der Waals surface area contributed by atoms with E-state index in [9.17, 15) is 4.79 Å². The molecule has 148 valence electrons. The molecule has 0 saturated carbocycles. The van der Waals surface area contributed by atoms with Crippen molar-refractivity contribution in [2.75, 3.05) is 37.4 Å². The highest BCUT2D eigenvalue weighted by Crippen LogP contribution is 2.27. The van der Waals surface area contributed by atoms with E-state index < -0.39 is 0 Å². The molecule has 1 saturated heterocycles. The summed E-state index contributed by atoms with van der Waals surface area (Å²) >= 11 is 2.73. The number of benzene rings is 1. The molecule has 1 aliphatic rings. The fourth-order valence-electron chi connectivity index (χ4n) is 3.02. The van der Waals surface area contributed by atoms with Crippen molar-refractivity contribution in [3.63, 3.8) is 0 Å². The summed E-state index contributed by atoms with van der Waals surface area (Å²) in [6, 6.07) is 11.6. The minimum absolute atomic E-state index is 0.161. The van der Waals surface area contributed by atoms with Crippen LogP contribution < -0.4 is 5.32 Å². The second-order valence-electron chi connectivity index (χ2n) is 6.46. The molecule has 29 heavy (non-hydrogen) atoms. The number of carbonyl (C=O) groups excluding carboxylic acids is 1. The topological polar surface area (TPSA) is 91.1 Å². The van der Waals surface area contributed by atoms with E-state index in [4.69, 9.17) is 20.0 Å². The predicted octanol–water partition coefficient (Wildman–Crippen LogP) is 3.13. The van der Waals surface area contributed by atoms with E-state index in [0.29, 0.717) is 17.1 Å². The van der Waals surface area contributed by atoms with Crippen LogP contribution in [0, 0.1) is 11.3 Å². The Labute approximate surface area is 176 Å². The van der Waals surface area contributed by atoms with E-state index >= 15 is 0 Å². The normalized spacial score (nSPS) is 14.6. The van der Waals surface area contributed by atoms with Crippen LogP contribution in [0.1, 0.15) is 11.4 Å². The van der Waals surface area contributed by atoms with Crippen LogP contribution in [0.15, 0.2) is 40.7 Å². The van der Waals surface area contributed by atoms with Crippen LogP contribution in [0.25, 0.3) is 10.9 Å². The molecule has 0 bridgehead atoms. The lowest BCUT2D eigenvalue weighted by Crippen LogP contribution is -2.36. The zero-order valence-electron chi connectivity index (χ0n) is 15.6. The fraction of sp³-hybridized carbons (Fsp3) is 0.300. The molecular weight excluding hydrogens is 406 g/mol. The Hall–Kier alpha value is -2.51. The van der Waals surface area contributed by atoms with Crippen molar-refractivity contribution in [1.82, 2.24) is 14.9 Å². The SMILES string of the molecule is N#Cc1ccsc1NC(=O)CSc1nc(CN2CCOCC2)nc2ccccc12. The maximum absolute atomic E-state index is 12.4. The molecule has 1 amide bonds. The monoisotopic (exact) mass is 425 g/mol. The number of nitriles is 1. The summed E-state index contributed by atoms with van der Waals surface area (Å²) in [6.07, 6.45) is 0. The second-order valence-corrected chi connectivity index (χ2v) is 8.34. The summed E-state index contributed by atoms with van der Waals surface area (Å²) in [7, 11) is 0. The number of thiophene rings is 1. The molecule has 7 nitrogen and oxygen atoms in total. The molecule has 1 aromatic carbocycles. The predicted molar refractivity (Wildman–Crippen MR) is 114 cm³/mol. The first kappa shape index (κ1) is 19.8. The summed E-state index contributed by atoms with van der Waals surface area (Å²) in [6.45, 7) is 3.84. The minimum atomic E-state index is -0.161. The molecule has 0 unspecified atom stereocenters. The third kappa shape index (κ3) is 4.92. The summed E-state index contributed by atoms with van der Waals surface area (Å²) in [5.41, 5.74) is 1.35. The van der Waals surface area contributed by atoms with Gasteiger partial charge in [-0.3, -0.25) is 9.69 Å². The summed E-state index contributed by atoms with van der Waals surface area (Å²) in [5.74, 6) is 0.797. The van der Waals surface area contributed by atoms with Crippen molar-refractivity contribution < 1.29 is 9.53 Å². The molecule has 0 radical (unpaired) electrons. The summed E-state index contributed by atoms with van der Waals surface area (Å²) in [5, 5.41) is 16.0. The zero-order chi connectivity index (χ0) is 20.1. The van der Waals surface area contributed by atoms with Gasteiger partial charge in [-0.15, -0.1) is 11.3 Å². The number of para-hydroxylation sites is 1. The van der Waals surface area contributed by atoms with E-state index in [2.05, 4.69) is 16.3 Å². The highest BCUT2D eigenvalue weighted by Gasteiger charge is 2.16. The molecule has 0 aliphatic carbocycles. The number of aromatic nitrogens is 2. The maximum Gasteiger partial charge on any atom is 0.235 e. The van der Waals surface area contributed by atoms with Crippen LogP contribution in [0.3, 0.4) is 0 Å². The van der Waals surface area contributed by atoms with Gasteiger partial charge in [-0.1, -0.05) is 30.0 Å². The van der Waals surface area contributed by atoms with Gasteiger partial charge in [0.1, 0.15) is 21.9 Å². The molecule has 0 atom stereocenters. The number of rotatable bonds is 6. The summed E-state index contributed by atoms with van der Waals surface area (Å²) < 4.78 is 5.41. The number of thioether (sulfide) groups is 1. The van der Waals surface area contributed by atoms with E-state index in [0.717, 1.165) is 48.1 Å². The van der Waals surface area contributed by atoms with Crippen LogP contribution in [0.4, 0.5) is 5.00 Å². The van der Waals surface area contributed by atoms with E-state index in [-0.39, 0.29) is 11.7 Å². The lowest BCUT2D eigenvalue weighted by molar-refractivity contribution is -0.113. The number of fused-ring (bicyclic) bond motifs is 1. The molecule has 1 aliphatic heterocycles. The van der Waals surface area contributed by atoms with Crippen LogP contribution in [-0.4, -0.2) is 52.8 Å². The van der Waals surface area contributed by atoms with Gasteiger partial charge < -0.3 is 10.1 Å².